The fourth-order valence-corrected chi connectivity index (χ4v) is 1.57. The van der Waals surface area contributed by atoms with Crippen LogP contribution < -0.4 is 11.1 Å². The molecule has 0 heterocycles. The topological polar surface area (TPSA) is 81.4 Å². The molecule has 1 aromatic carbocycles. The summed E-state index contributed by atoms with van der Waals surface area (Å²) in [5, 5.41) is 2.64. The van der Waals surface area contributed by atoms with Crippen LogP contribution in [0.5, 0.6) is 0 Å². The van der Waals surface area contributed by atoms with Crippen LogP contribution in [0.4, 0.5) is 10.1 Å². The zero-order chi connectivity index (χ0) is 15.3. The Morgan fingerprint density at radius 1 is 1.45 bits per heavy atom. The number of aryl methyl sites for hydroxylation is 1. The highest BCUT2D eigenvalue weighted by Gasteiger charge is 2.17. The summed E-state index contributed by atoms with van der Waals surface area (Å²) in [5.74, 6) is -2.02. The molecule has 1 aromatic rings. The van der Waals surface area contributed by atoms with Crippen LogP contribution in [0.15, 0.2) is 12.1 Å². The molecule has 20 heavy (non-hydrogen) atoms. The zero-order valence-corrected chi connectivity index (χ0v) is 11.8. The van der Waals surface area contributed by atoms with Crippen LogP contribution >= 0.6 is 0 Å². The SMILES string of the molecule is CCC(C)NC(=O)COC(=O)c1cc(N)cc(C)c1F. The van der Waals surface area contributed by atoms with E-state index in [4.69, 9.17) is 10.5 Å². The van der Waals surface area contributed by atoms with E-state index in [-0.39, 0.29) is 22.9 Å². The van der Waals surface area contributed by atoms with Crippen molar-refractivity contribution in [3.8, 4) is 0 Å². The number of nitrogen functional groups attached to an aromatic ring is 1. The molecule has 0 bridgehead atoms. The first kappa shape index (κ1) is 15.9. The van der Waals surface area contributed by atoms with Crippen LogP contribution in [0, 0.1) is 12.7 Å². The van der Waals surface area contributed by atoms with Gasteiger partial charge in [-0.3, -0.25) is 4.79 Å². The van der Waals surface area contributed by atoms with Gasteiger partial charge >= 0.3 is 5.97 Å². The van der Waals surface area contributed by atoms with E-state index < -0.39 is 24.3 Å². The van der Waals surface area contributed by atoms with Crippen molar-refractivity contribution in [1.29, 1.82) is 0 Å². The third-order valence-electron chi connectivity index (χ3n) is 2.85. The Morgan fingerprint density at radius 3 is 2.70 bits per heavy atom. The van der Waals surface area contributed by atoms with E-state index >= 15 is 0 Å². The Morgan fingerprint density at radius 2 is 2.10 bits per heavy atom. The molecule has 1 amide bonds. The summed E-state index contributed by atoms with van der Waals surface area (Å²) >= 11 is 0. The Kier molecular flexibility index (Phi) is 5.49. The fourth-order valence-electron chi connectivity index (χ4n) is 1.57. The lowest BCUT2D eigenvalue weighted by molar-refractivity contribution is -0.124. The molecule has 1 rings (SSSR count). The lowest BCUT2D eigenvalue weighted by atomic mass is 10.1. The van der Waals surface area contributed by atoms with Crippen molar-refractivity contribution in [2.24, 2.45) is 0 Å². The summed E-state index contributed by atoms with van der Waals surface area (Å²) in [7, 11) is 0. The van der Waals surface area contributed by atoms with E-state index in [1.54, 1.807) is 0 Å². The van der Waals surface area contributed by atoms with Crippen LogP contribution in [0.2, 0.25) is 0 Å². The Hall–Kier alpha value is -2.11. The van der Waals surface area contributed by atoms with Gasteiger partial charge in [0, 0.05) is 11.7 Å². The quantitative estimate of drug-likeness (QED) is 0.637. The first-order chi connectivity index (χ1) is 9.35. The van der Waals surface area contributed by atoms with Gasteiger partial charge in [0.2, 0.25) is 0 Å². The number of esters is 1. The average Bonchev–Trinajstić information content (AvgIpc) is 2.39. The zero-order valence-electron chi connectivity index (χ0n) is 11.8. The van der Waals surface area contributed by atoms with Crippen LogP contribution in [0.25, 0.3) is 0 Å². The van der Waals surface area contributed by atoms with Crippen molar-refractivity contribution in [2.45, 2.75) is 33.2 Å². The first-order valence-electron chi connectivity index (χ1n) is 6.37. The number of nitrogens with one attached hydrogen (secondary N) is 1. The monoisotopic (exact) mass is 282 g/mol. The predicted molar refractivity (Wildman–Crippen MR) is 73.7 cm³/mol. The molecule has 0 saturated heterocycles. The predicted octanol–water partition coefficient (Wildman–Crippen LogP) is 1.79. The molecule has 110 valence electrons. The average molecular weight is 282 g/mol. The minimum Gasteiger partial charge on any atom is -0.452 e. The molecule has 0 fully saturated rings. The number of hydrogen-bond donors (Lipinski definition) is 2. The number of rotatable bonds is 5. The van der Waals surface area contributed by atoms with Gasteiger partial charge in [0.15, 0.2) is 6.61 Å². The summed E-state index contributed by atoms with van der Waals surface area (Å²) < 4.78 is 18.5. The number of anilines is 1. The molecular weight excluding hydrogens is 263 g/mol. The number of benzene rings is 1. The standard InChI is InChI=1S/C14H19FN2O3/c1-4-9(3)17-12(18)7-20-14(19)11-6-10(16)5-8(2)13(11)15/h5-6,9H,4,7,16H2,1-3H3,(H,17,18). The van der Waals surface area contributed by atoms with Crippen LogP contribution in [0.1, 0.15) is 36.2 Å². The first-order valence-corrected chi connectivity index (χ1v) is 6.37. The second-order valence-corrected chi connectivity index (χ2v) is 4.65. The van der Waals surface area contributed by atoms with E-state index in [1.165, 1.54) is 19.1 Å². The van der Waals surface area contributed by atoms with E-state index in [0.29, 0.717) is 0 Å². The van der Waals surface area contributed by atoms with Gasteiger partial charge in [-0.25, -0.2) is 9.18 Å². The van der Waals surface area contributed by atoms with Crippen LogP contribution in [-0.2, 0) is 9.53 Å². The summed E-state index contributed by atoms with van der Waals surface area (Å²) in [6.07, 6.45) is 0.767. The summed E-state index contributed by atoms with van der Waals surface area (Å²) in [6, 6.07) is 2.60. The maximum atomic E-state index is 13.8. The van der Waals surface area contributed by atoms with E-state index in [9.17, 15) is 14.0 Å². The molecule has 3 N–H and O–H groups in total. The highest BCUT2D eigenvalue weighted by atomic mass is 19.1. The van der Waals surface area contributed by atoms with E-state index in [0.717, 1.165) is 6.42 Å². The summed E-state index contributed by atoms with van der Waals surface area (Å²) in [4.78, 5) is 23.2. The van der Waals surface area contributed by atoms with Gasteiger partial charge in [0.1, 0.15) is 5.82 Å². The van der Waals surface area contributed by atoms with Crippen molar-refractivity contribution in [1.82, 2.24) is 5.32 Å². The van der Waals surface area contributed by atoms with Crippen molar-refractivity contribution in [2.75, 3.05) is 12.3 Å². The Labute approximate surface area is 117 Å². The molecule has 5 nitrogen and oxygen atoms in total. The van der Waals surface area contributed by atoms with Gasteiger partial charge in [-0.15, -0.1) is 0 Å². The summed E-state index contributed by atoms with van der Waals surface area (Å²) in [5.41, 5.74) is 5.80. The number of nitrogens with two attached hydrogens (primary N) is 1. The fraction of sp³-hybridized carbons (Fsp3) is 0.429. The molecule has 1 atom stereocenters. The number of amides is 1. The van der Waals surface area contributed by atoms with Gasteiger partial charge in [0.25, 0.3) is 5.91 Å². The molecule has 0 radical (unpaired) electrons. The number of carbonyl (C=O) groups is 2. The molecule has 0 spiro atoms. The van der Waals surface area contributed by atoms with E-state index in [2.05, 4.69) is 5.32 Å². The number of hydrogen-bond acceptors (Lipinski definition) is 4. The molecule has 0 aromatic heterocycles. The second kappa shape index (κ2) is 6.88. The number of halogens is 1. The molecule has 6 heteroatoms. The minimum absolute atomic E-state index is 0.00690. The van der Waals surface area contributed by atoms with E-state index in [1.807, 2.05) is 13.8 Å². The normalized spacial score (nSPS) is 11.8. The lowest BCUT2D eigenvalue weighted by Crippen LogP contribution is -2.35. The third-order valence-corrected chi connectivity index (χ3v) is 2.85. The molecule has 0 aliphatic heterocycles. The number of ether oxygens (including phenoxy) is 1. The highest BCUT2D eigenvalue weighted by molar-refractivity contribution is 5.92. The molecule has 1 unspecified atom stereocenters. The highest BCUT2D eigenvalue weighted by Crippen LogP contribution is 2.17. The van der Waals surface area contributed by atoms with Gasteiger partial charge < -0.3 is 15.8 Å². The van der Waals surface area contributed by atoms with Gasteiger partial charge in [-0.05, 0) is 38.0 Å². The smallest absolute Gasteiger partial charge is 0.341 e. The number of carbonyl (C=O) groups excluding carboxylic acids is 2. The van der Waals surface area contributed by atoms with Gasteiger partial charge in [-0.1, -0.05) is 6.92 Å². The van der Waals surface area contributed by atoms with Crippen molar-refractivity contribution >= 4 is 17.6 Å². The van der Waals surface area contributed by atoms with Crippen molar-refractivity contribution in [3.63, 3.8) is 0 Å². The molecule has 0 aliphatic carbocycles. The van der Waals surface area contributed by atoms with Gasteiger partial charge in [-0.2, -0.15) is 0 Å². The van der Waals surface area contributed by atoms with Crippen molar-refractivity contribution < 1.29 is 18.7 Å². The van der Waals surface area contributed by atoms with Crippen molar-refractivity contribution in [3.05, 3.63) is 29.1 Å². The lowest BCUT2D eigenvalue weighted by Gasteiger charge is -2.12. The maximum Gasteiger partial charge on any atom is 0.341 e. The maximum absolute atomic E-state index is 13.8. The summed E-state index contributed by atoms with van der Waals surface area (Å²) in [6.45, 7) is 4.80. The Balaban J connectivity index is 2.66. The molecular formula is C14H19FN2O3. The molecule has 0 aliphatic rings. The minimum atomic E-state index is -0.905. The van der Waals surface area contributed by atoms with Gasteiger partial charge in [0.05, 0.1) is 5.56 Å². The van der Waals surface area contributed by atoms with Crippen LogP contribution in [-0.4, -0.2) is 24.5 Å². The third kappa shape index (κ3) is 4.22. The molecule has 0 saturated carbocycles. The van der Waals surface area contributed by atoms with Crippen LogP contribution in [0.3, 0.4) is 0 Å². The second-order valence-electron chi connectivity index (χ2n) is 4.65. The Bertz CT molecular complexity index is 517. The largest absolute Gasteiger partial charge is 0.452 e.